The fourth-order valence-corrected chi connectivity index (χ4v) is 3.41. The molecule has 1 N–H and O–H groups in total. The molecule has 0 spiro atoms. The minimum absolute atomic E-state index is 0.390. The topological polar surface area (TPSA) is 38.0 Å². The molecule has 1 aliphatic carbocycles. The number of aliphatic hydroxyl groups is 1. The number of halogens is 1. The number of hydrogen-bond donors (Lipinski definition) is 1. The molecule has 0 bridgehead atoms. The van der Waals surface area contributed by atoms with Crippen molar-refractivity contribution in [2.24, 2.45) is 13.0 Å². The van der Waals surface area contributed by atoms with Crippen molar-refractivity contribution < 1.29 is 5.11 Å². The lowest BCUT2D eigenvalue weighted by atomic mass is 9.85. The van der Waals surface area contributed by atoms with E-state index in [2.05, 4.69) is 21.0 Å². The van der Waals surface area contributed by atoms with Crippen LogP contribution in [0.5, 0.6) is 0 Å². The van der Waals surface area contributed by atoms with Crippen molar-refractivity contribution in [2.75, 3.05) is 0 Å². The lowest BCUT2D eigenvalue weighted by Gasteiger charge is -2.22. The Morgan fingerprint density at radius 1 is 1.47 bits per heavy atom. The predicted octanol–water partition coefficient (Wildman–Crippen LogP) is 3.58. The zero-order chi connectivity index (χ0) is 12.3. The summed E-state index contributed by atoms with van der Waals surface area (Å²) in [5, 5.41) is 14.4. The Bertz CT molecular complexity index is 339. The first-order chi connectivity index (χ1) is 8.18. The van der Waals surface area contributed by atoms with Gasteiger partial charge in [-0.25, -0.2) is 0 Å². The largest absolute Gasteiger partial charge is 0.387 e. The second-order valence-corrected chi connectivity index (χ2v) is 5.95. The Hall–Kier alpha value is -0.350. The van der Waals surface area contributed by atoms with Gasteiger partial charge in [-0.2, -0.15) is 5.10 Å². The highest BCUT2D eigenvalue weighted by Crippen LogP contribution is 2.32. The third-order valence-electron chi connectivity index (χ3n) is 3.83. The molecule has 0 saturated heterocycles. The average molecular weight is 301 g/mol. The van der Waals surface area contributed by atoms with E-state index in [1.807, 2.05) is 7.05 Å². The van der Waals surface area contributed by atoms with Crippen molar-refractivity contribution in [3.8, 4) is 0 Å². The zero-order valence-electron chi connectivity index (χ0n) is 10.4. The van der Waals surface area contributed by atoms with E-state index in [1.54, 1.807) is 10.9 Å². The van der Waals surface area contributed by atoms with Crippen LogP contribution in [0, 0.1) is 5.92 Å². The maximum absolute atomic E-state index is 10.2. The Morgan fingerprint density at radius 3 is 2.76 bits per heavy atom. The van der Waals surface area contributed by atoms with E-state index in [0.29, 0.717) is 0 Å². The van der Waals surface area contributed by atoms with Crippen molar-refractivity contribution in [2.45, 2.75) is 51.0 Å². The Balaban J connectivity index is 1.86. The highest BCUT2D eigenvalue weighted by Gasteiger charge is 2.19. The van der Waals surface area contributed by atoms with Crippen LogP contribution in [0.2, 0.25) is 0 Å². The molecule has 96 valence electrons. The highest BCUT2D eigenvalue weighted by molar-refractivity contribution is 9.10. The second-order valence-electron chi connectivity index (χ2n) is 5.10. The standard InChI is InChI=1S/C13H21BrN2O/c1-16-13(11(14)9-15-16)12(17)8-7-10-5-3-2-4-6-10/h9-10,12,17H,2-8H2,1H3. The first kappa shape index (κ1) is 13.1. The quantitative estimate of drug-likeness (QED) is 0.923. The van der Waals surface area contributed by atoms with E-state index in [4.69, 9.17) is 0 Å². The van der Waals surface area contributed by atoms with Crippen molar-refractivity contribution in [1.29, 1.82) is 0 Å². The van der Waals surface area contributed by atoms with Gasteiger partial charge in [0.05, 0.1) is 22.5 Å². The number of hydrogen-bond acceptors (Lipinski definition) is 2. The molecule has 1 fully saturated rings. The smallest absolute Gasteiger partial charge is 0.0968 e. The van der Waals surface area contributed by atoms with E-state index in [-0.39, 0.29) is 6.10 Å². The number of aryl methyl sites for hydroxylation is 1. The molecule has 1 atom stereocenters. The van der Waals surface area contributed by atoms with E-state index >= 15 is 0 Å². The Kier molecular flexibility index (Phi) is 4.62. The summed E-state index contributed by atoms with van der Waals surface area (Å²) in [5.41, 5.74) is 0.904. The third-order valence-corrected chi connectivity index (χ3v) is 4.44. The van der Waals surface area contributed by atoms with Crippen molar-refractivity contribution >= 4 is 15.9 Å². The van der Waals surface area contributed by atoms with E-state index < -0.39 is 0 Å². The van der Waals surface area contributed by atoms with Gasteiger partial charge in [-0.15, -0.1) is 0 Å². The van der Waals surface area contributed by atoms with Gasteiger partial charge in [0.15, 0.2) is 0 Å². The first-order valence-electron chi connectivity index (χ1n) is 6.54. The summed E-state index contributed by atoms with van der Waals surface area (Å²) in [6.45, 7) is 0. The lowest BCUT2D eigenvalue weighted by molar-refractivity contribution is 0.142. The van der Waals surface area contributed by atoms with Gasteiger partial charge in [0.1, 0.15) is 0 Å². The third kappa shape index (κ3) is 3.32. The van der Waals surface area contributed by atoms with Gasteiger partial charge in [-0.3, -0.25) is 4.68 Å². The summed E-state index contributed by atoms with van der Waals surface area (Å²) in [7, 11) is 1.88. The summed E-state index contributed by atoms with van der Waals surface area (Å²) in [6, 6.07) is 0. The van der Waals surface area contributed by atoms with Gasteiger partial charge in [0.2, 0.25) is 0 Å². The van der Waals surface area contributed by atoms with Crippen LogP contribution >= 0.6 is 15.9 Å². The summed E-state index contributed by atoms with van der Waals surface area (Å²) in [6.07, 6.45) is 10.2. The molecule has 1 saturated carbocycles. The molecule has 0 amide bonds. The molecular formula is C13H21BrN2O. The molecule has 1 heterocycles. The summed E-state index contributed by atoms with van der Waals surface area (Å²) < 4.78 is 2.67. The SMILES string of the molecule is Cn1ncc(Br)c1C(O)CCC1CCCCC1. The van der Waals surface area contributed by atoms with Crippen molar-refractivity contribution in [1.82, 2.24) is 9.78 Å². The molecule has 0 aliphatic heterocycles. The van der Waals surface area contributed by atoms with Crippen LogP contribution in [0.25, 0.3) is 0 Å². The molecule has 3 nitrogen and oxygen atoms in total. The van der Waals surface area contributed by atoms with Crippen molar-refractivity contribution in [3.05, 3.63) is 16.4 Å². The number of nitrogens with zero attached hydrogens (tertiary/aromatic N) is 2. The molecule has 4 heteroatoms. The minimum atomic E-state index is -0.390. The zero-order valence-corrected chi connectivity index (χ0v) is 12.0. The van der Waals surface area contributed by atoms with E-state index in [0.717, 1.165) is 28.9 Å². The molecule has 0 radical (unpaired) electrons. The molecule has 1 unspecified atom stereocenters. The minimum Gasteiger partial charge on any atom is -0.387 e. The van der Waals surface area contributed by atoms with Crippen LogP contribution in [-0.2, 0) is 7.05 Å². The van der Waals surface area contributed by atoms with Gasteiger partial charge in [-0.05, 0) is 34.7 Å². The van der Waals surface area contributed by atoms with Crippen LogP contribution in [0.15, 0.2) is 10.7 Å². The molecule has 17 heavy (non-hydrogen) atoms. The molecule has 1 aliphatic rings. The van der Waals surface area contributed by atoms with Crippen molar-refractivity contribution in [3.63, 3.8) is 0 Å². The number of aromatic nitrogens is 2. The Labute approximate surface area is 111 Å². The Morgan fingerprint density at radius 2 is 2.18 bits per heavy atom. The van der Waals surface area contributed by atoms with Gasteiger partial charge in [0.25, 0.3) is 0 Å². The van der Waals surface area contributed by atoms with Gasteiger partial charge >= 0.3 is 0 Å². The first-order valence-corrected chi connectivity index (χ1v) is 7.33. The predicted molar refractivity (Wildman–Crippen MR) is 71.7 cm³/mol. The van der Waals surface area contributed by atoms with Crippen LogP contribution < -0.4 is 0 Å². The van der Waals surface area contributed by atoms with Crippen LogP contribution in [0.1, 0.15) is 56.7 Å². The maximum Gasteiger partial charge on any atom is 0.0968 e. The van der Waals surface area contributed by atoms with E-state index in [9.17, 15) is 5.11 Å². The number of rotatable bonds is 4. The summed E-state index contributed by atoms with van der Waals surface area (Å²) in [4.78, 5) is 0. The summed E-state index contributed by atoms with van der Waals surface area (Å²) >= 11 is 3.44. The van der Waals surface area contributed by atoms with Gasteiger partial charge in [-0.1, -0.05) is 32.1 Å². The summed E-state index contributed by atoms with van der Waals surface area (Å²) in [5.74, 6) is 0.824. The molecule has 0 aromatic carbocycles. The van der Waals surface area contributed by atoms with E-state index in [1.165, 1.54) is 32.1 Å². The molecule has 2 rings (SSSR count). The van der Waals surface area contributed by atoms with Crippen LogP contribution in [-0.4, -0.2) is 14.9 Å². The van der Waals surface area contributed by atoms with Crippen LogP contribution in [0.4, 0.5) is 0 Å². The molecule has 1 aromatic rings. The molecular weight excluding hydrogens is 280 g/mol. The maximum atomic E-state index is 10.2. The lowest BCUT2D eigenvalue weighted by Crippen LogP contribution is -2.10. The normalized spacial score (nSPS) is 19.5. The fraction of sp³-hybridized carbons (Fsp3) is 0.769. The molecule has 1 aromatic heterocycles. The second kappa shape index (κ2) is 6.01. The monoisotopic (exact) mass is 300 g/mol. The number of aliphatic hydroxyl groups excluding tert-OH is 1. The van der Waals surface area contributed by atoms with Gasteiger partial charge < -0.3 is 5.11 Å². The average Bonchev–Trinajstić information content (AvgIpc) is 2.67. The fourth-order valence-electron chi connectivity index (χ4n) is 2.80. The van der Waals surface area contributed by atoms with Gasteiger partial charge in [0, 0.05) is 7.05 Å². The highest BCUT2D eigenvalue weighted by atomic mass is 79.9. The van der Waals surface area contributed by atoms with Crippen LogP contribution in [0.3, 0.4) is 0 Å².